The quantitative estimate of drug-likeness (QED) is 0.617. The highest BCUT2D eigenvalue weighted by molar-refractivity contribution is 4.78. The number of hydrogen-bond donors (Lipinski definition) is 1. The first kappa shape index (κ1) is 8.48. The van der Waals surface area contributed by atoms with Crippen LogP contribution < -0.4 is 5.32 Å². The molecule has 0 bridgehead atoms. The minimum Gasteiger partial charge on any atom is -0.363 e. The molecule has 0 aliphatic carbocycles. The van der Waals surface area contributed by atoms with E-state index in [9.17, 15) is 0 Å². The Balaban J connectivity index is 1.85. The molecule has 2 heterocycles. The molecule has 2 saturated heterocycles. The van der Waals surface area contributed by atoms with Gasteiger partial charge < -0.3 is 10.1 Å². The molecule has 1 N–H and O–H groups in total. The summed E-state index contributed by atoms with van der Waals surface area (Å²) >= 11 is 0. The molecule has 0 aromatic carbocycles. The third-order valence-electron chi connectivity index (χ3n) is 2.71. The topological polar surface area (TPSA) is 24.5 Å². The first-order valence-electron chi connectivity index (χ1n) is 4.95. The molecule has 0 amide bonds. The summed E-state index contributed by atoms with van der Waals surface area (Å²) in [5.41, 5.74) is 0. The van der Waals surface area contributed by atoms with E-state index in [4.69, 9.17) is 4.74 Å². The molecule has 0 saturated carbocycles. The third-order valence-corrected chi connectivity index (χ3v) is 2.71. The van der Waals surface area contributed by atoms with E-state index in [0.717, 1.165) is 26.2 Å². The van der Waals surface area contributed by atoms with Crippen LogP contribution in [0.25, 0.3) is 0 Å². The van der Waals surface area contributed by atoms with Gasteiger partial charge in [-0.05, 0) is 19.8 Å². The molecule has 2 aliphatic heterocycles. The maximum atomic E-state index is 5.64. The zero-order valence-electron chi connectivity index (χ0n) is 7.75. The van der Waals surface area contributed by atoms with E-state index in [1.54, 1.807) is 0 Å². The van der Waals surface area contributed by atoms with E-state index in [-0.39, 0.29) is 0 Å². The SMILES string of the molecule is CC1CN(C2CCCO2)CCN1. The monoisotopic (exact) mass is 170 g/mol. The van der Waals surface area contributed by atoms with Crippen LogP contribution in [-0.2, 0) is 4.74 Å². The first-order valence-corrected chi connectivity index (χ1v) is 4.95. The first-order chi connectivity index (χ1) is 5.86. The molecule has 2 aliphatic rings. The molecule has 70 valence electrons. The second-order valence-corrected chi connectivity index (χ2v) is 3.82. The molecular formula is C9H18N2O. The van der Waals surface area contributed by atoms with Crippen LogP contribution in [0.4, 0.5) is 0 Å². The Labute approximate surface area is 74.1 Å². The minimum atomic E-state index is 0.426. The van der Waals surface area contributed by atoms with Gasteiger partial charge in [-0.2, -0.15) is 0 Å². The van der Waals surface area contributed by atoms with Crippen molar-refractivity contribution in [1.29, 1.82) is 0 Å². The molecule has 0 aromatic rings. The smallest absolute Gasteiger partial charge is 0.110 e. The molecule has 0 radical (unpaired) electrons. The summed E-state index contributed by atoms with van der Waals surface area (Å²) in [6.07, 6.45) is 2.89. The predicted octanol–water partition coefficient (Wildman–Crippen LogP) is 0.417. The zero-order valence-corrected chi connectivity index (χ0v) is 7.75. The van der Waals surface area contributed by atoms with Gasteiger partial charge in [0.05, 0.1) is 0 Å². The fourth-order valence-electron chi connectivity index (χ4n) is 2.07. The van der Waals surface area contributed by atoms with Crippen molar-refractivity contribution >= 4 is 0 Å². The average molecular weight is 170 g/mol. The second kappa shape index (κ2) is 3.73. The van der Waals surface area contributed by atoms with Crippen LogP contribution in [0.1, 0.15) is 19.8 Å². The van der Waals surface area contributed by atoms with Crippen molar-refractivity contribution in [2.24, 2.45) is 0 Å². The zero-order chi connectivity index (χ0) is 8.39. The van der Waals surface area contributed by atoms with Crippen molar-refractivity contribution in [1.82, 2.24) is 10.2 Å². The van der Waals surface area contributed by atoms with E-state index >= 15 is 0 Å². The van der Waals surface area contributed by atoms with Gasteiger partial charge in [0.15, 0.2) is 0 Å². The predicted molar refractivity (Wildman–Crippen MR) is 48.0 cm³/mol. The van der Waals surface area contributed by atoms with Crippen molar-refractivity contribution in [2.45, 2.75) is 32.0 Å². The minimum absolute atomic E-state index is 0.426. The van der Waals surface area contributed by atoms with Crippen LogP contribution in [0.15, 0.2) is 0 Å². The molecule has 3 heteroatoms. The van der Waals surface area contributed by atoms with E-state index in [2.05, 4.69) is 17.1 Å². The highest BCUT2D eigenvalue weighted by Crippen LogP contribution is 2.17. The summed E-state index contributed by atoms with van der Waals surface area (Å²) in [6, 6.07) is 0.628. The molecular weight excluding hydrogens is 152 g/mol. The Morgan fingerprint density at radius 3 is 3.08 bits per heavy atom. The lowest BCUT2D eigenvalue weighted by Crippen LogP contribution is -2.52. The van der Waals surface area contributed by atoms with Gasteiger partial charge in [0.2, 0.25) is 0 Å². The fourth-order valence-corrected chi connectivity index (χ4v) is 2.07. The molecule has 2 atom stereocenters. The van der Waals surface area contributed by atoms with Crippen molar-refractivity contribution < 1.29 is 4.74 Å². The van der Waals surface area contributed by atoms with Gasteiger partial charge in [-0.15, -0.1) is 0 Å². The fraction of sp³-hybridized carbons (Fsp3) is 1.00. The van der Waals surface area contributed by atoms with Crippen molar-refractivity contribution in [2.75, 3.05) is 26.2 Å². The number of piperazine rings is 1. The number of rotatable bonds is 1. The van der Waals surface area contributed by atoms with Crippen molar-refractivity contribution in [3.05, 3.63) is 0 Å². The normalized spacial score (nSPS) is 38.8. The van der Waals surface area contributed by atoms with Gasteiger partial charge in [-0.25, -0.2) is 0 Å². The van der Waals surface area contributed by atoms with Crippen molar-refractivity contribution in [3.63, 3.8) is 0 Å². The summed E-state index contributed by atoms with van der Waals surface area (Å²) in [6.45, 7) is 6.60. The Bertz CT molecular complexity index is 145. The van der Waals surface area contributed by atoms with Gasteiger partial charge in [0.25, 0.3) is 0 Å². The summed E-state index contributed by atoms with van der Waals surface area (Å²) in [5, 5.41) is 3.44. The molecule has 0 spiro atoms. The van der Waals surface area contributed by atoms with Crippen molar-refractivity contribution in [3.8, 4) is 0 Å². The molecule has 2 fully saturated rings. The summed E-state index contributed by atoms with van der Waals surface area (Å²) in [5.74, 6) is 0. The Kier molecular flexibility index (Phi) is 2.63. The van der Waals surface area contributed by atoms with Crippen LogP contribution >= 0.6 is 0 Å². The van der Waals surface area contributed by atoms with Gasteiger partial charge in [0.1, 0.15) is 6.23 Å². The number of nitrogens with one attached hydrogen (secondary N) is 1. The van der Waals surface area contributed by atoms with E-state index in [1.807, 2.05) is 0 Å². The van der Waals surface area contributed by atoms with E-state index in [0.29, 0.717) is 12.3 Å². The third kappa shape index (κ3) is 1.79. The van der Waals surface area contributed by atoms with Gasteiger partial charge in [0, 0.05) is 32.3 Å². The van der Waals surface area contributed by atoms with E-state index < -0.39 is 0 Å². The maximum Gasteiger partial charge on any atom is 0.110 e. The highest BCUT2D eigenvalue weighted by Gasteiger charge is 2.26. The van der Waals surface area contributed by atoms with Crippen LogP contribution in [-0.4, -0.2) is 43.4 Å². The molecule has 2 unspecified atom stereocenters. The maximum absolute atomic E-state index is 5.64. The average Bonchev–Trinajstić information content (AvgIpc) is 2.56. The Morgan fingerprint density at radius 2 is 2.42 bits per heavy atom. The van der Waals surface area contributed by atoms with Gasteiger partial charge in [-0.1, -0.05) is 0 Å². The highest BCUT2D eigenvalue weighted by atomic mass is 16.5. The van der Waals surface area contributed by atoms with Crippen LogP contribution in [0, 0.1) is 0 Å². The summed E-state index contributed by atoms with van der Waals surface area (Å²) in [4.78, 5) is 2.47. The Hall–Kier alpha value is -0.120. The lowest BCUT2D eigenvalue weighted by molar-refractivity contribution is -0.0318. The van der Waals surface area contributed by atoms with Crippen LogP contribution in [0.5, 0.6) is 0 Å². The van der Waals surface area contributed by atoms with E-state index in [1.165, 1.54) is 12.8 Å². The van der Waals surface area contributed by atoms with Gasteiger partial charge in [-0.3, -0.25) is 4.90 Å². The summed E-state index contributed by atoms with van der Waals surface area (Å²) < 4.78 is 5.64. The standard InChI is InChI=1S/C9H18N2O/c1-8-7-11(5-4-10-8)9-3-2-6-12-9/h8-10H,2-7H2,1H3. The molecule has 0 aromatic heterocycles. The van der Waals surface area contributed by atoms with Crippen LogP contribution in [0.3, 0.4) is 0 Å². The summed E-state index contributed by atoms with van der Waals surface area (Å²) in [7, 11) is 0. The largest absolute Gasteiger partial charge is 0.363 e. The number of hydrogen-bond acceptors (Lipinski definition) is 3. The number of nitrogens with zero attached hydrogens (tertiary/aromatic N) is 1. The molecule has 12 heavy (non-hydrogen) atoms. The number of ether oxygens (including phenoxy) is 1. The second-order valence-electron chi connectivity index (χ2n) is 3.82. The molecule has 3 nitrogen and oxygen atoms in total. The van der Waals surface area contributed by atoms with Gasteiger partial charge >= 0.3 is 0 Å². The lowest BCUT2D eigenvalue weighted by Gasteiger charge is -2.35. The van der Waals surface area contributed by atoms with Crippen LogP contribution in [0.2, 0.25) is 0 Å². The Morgan fingerprint density at radius 1 is 1.50 bits per heavy atom. The molecule has 2 rings (SSSR count). The lowest BCUT2D eigenvalue weighted by atomic mass is 10.2.